The van der Waals surface area contributed by atoms with Gasteiger partial charge >= 0.3 is 0 Å². The summed E-state index contributed by atoms with van der Waals surface area (Å²) in [6.45, 7) is 2.73. The molecule has 1 aromatic carbocycles. The smallest absolute Gasteiger partial charge is 0.293 e. The Kier molecular flexibility index (Phi) is 4.09. The van der Waals surface area contributed by atoms with Gasteiger partial charge in [-0.25, -0.2) is 4.98 Å². The van der Waals surface area contributed by atoms with Crippen molar-refractivity contribution in [3.05, 3.63) is 62.7 Å². The first kappa shape index (κ1) is 13.7. The standard InChI is InChI=1S/C13H14N4O3/c1-2-16-7-6-14-12(13(16)18)15-9-10-4-3-5-11(8-10)17(19)20/h3-8H,2,9H2,1H3,(H,14,15). The lowest BCUT2D eigenvalue weighted by atomic mass is 10.2. The maximum absolute atomic E-state index is 11.9. The van der Waals surface area contributed by atoms with Crippen molar-refractivity contribution in [1.82, 2.24) is 9.55 Å². The maximum Gasteiger partial charge on any atom is 0.293 e. The number of hydrogen-bond donors (Lipinski definition) is 1. The summed E-state index contributed by atoms with van der Waals surface area (Å²) < 4.78 is 1.53. The van der Waals surface area contributed by atoms with Gasteiger partial charge in [0.25, 0.3) is 11.2 Å². The summed E-state index contributed by atoms with van der Waals surface area (Å²) in [5.74, 6) is 0.237. The van der Waals surface area contributed by atoms with E-state index in [0.29, 0.717) is 18.7 Å². The highest BCUT2D eigenvalue weighted by molar-refractivity contribution is 5.38. The number of rotatable bonds is 5. The molecule has 2 rings (SSSR count). The van der Waals surface area contributed by atoms with Crippen LogP contribution in [0.1, 0.15) is 12.5 Å². The molecule has 0 aliphatic heterocycles. The Labute approximate surface area is 115 Å². The van der Waals surface area contributed by atoms with E-state index in [1.165, 1.54) is 16.7 Å². The van der Waals surface area contributed by atoms with E-state index in [1.54, 1.807) is 24.5 Å². The molecule has 104 valence electrons. The van der Waals surface area contributed by atoms with Gasteiger partial charge in [-0.15, -0.1) is 0 Å². The van der Waals surface area contributed by atoms with E-state index in [-0.39, 0.29) is 17.1 Å². The number of nitrogens with one attached hydrogen (secondary N) is 1. The van der Waals surface area contributed by atoms with Crippen LogP contribution >= 0.6 is 0 Å². The third kappa shape index (κ3) is 3.00. The Balaban J connectivity index is 2.15. The normalized spacial score (nSPS) is 10.2. The van der Waals surface area contributed by atoms with Gasteiger partial charge in [-0.05, 0) is 12.5 Å². The van der Waals surface area contributed by atoms with Crippen molar-refractivity contribution in [1.29, 1.82) is 0 Å². The highest BCUT2D eigenvalue weighted by Crippen LogP contribution is 2.13. The number of nitrogens with zero attached hydrogens (tertiary/aromatic N) is 3. The maximum atomic E-state index is 11.9. The van der Waals surface area contributed by atoms with E-state index in [4.69, 9.17) is 0 Å². The lowest BCUT2D eigenvalue weighted by molar-refractivity contribution is -0.384. The molecule has 0 fully saturated rings. The summed E-state index contributed by atoms with van der Waals surface area (Å²) in [6, 6.07) is 6.25. The fourth-order valence-corrected chi connectivity index (χ4v) is 1.78. The third-order valence-electron chi connectivity index (χ3n) is 2.84. The number of nitro groups is 1. The molecule has 0 bridgehead atoms. The van der Waals surface area contributed by atoms with Crippen molar-refractivity contribution in [2.24, 2.45) is 0 Å². The monoisotopic (exact) mass is 274 g/mol. The average molecular weight is 274 g/mol. The first-order valence-corrected chi connectivity index (χ1v) is 6.14. The molecule has 0 aliphatic carbocycles. The van der Waals surface area contributed by atoms with Crippen LogP contribution < -0.4 is 10.9 Å². The quantitative estimate of drug-likeness (QED) is 0.663. The van der Waals surface area contributed by atoms with Gasteiger partial charge < -0.3 is 9.88 Å². The molecule has 1 N–H and O–H groups in total. The number of hydrogen-bond acceptors (Lipinski definition) is 5. The average Bonchev–Trinajstić information content (AvgIpc) is 2.46. The van der Waals surface area contributed by atoms with Crippen molar-refractivity contribution in [2.45, 2.75) is 20.0 Å². The van der Waals surface area contributed by atoms with Gasteiger partial charge in [0.1, 0.15) is 0 Å². The molecule has 0 radical (unpaired) electrons. The van der Waals surface area contributed by atoms with E-state index < -0.39 is 4.92 Å². The van der Waals surface area contributed by atoms with E-state index >= 15 is 0 Å². The molecule has 1 aromatic heterocycles. The highest BCUT2D eigenvalue weighted by atomic mass is 16.6. The van der Waals surface area contributed by atoms with Gasteiger partial charge in [0.2, 0.25) is 0 Å². The van der Waals surface area contributed by atoms with Gasteiger partial charge in [-0.2, -0.15) is 0 Å². The minimum absolute atomic E-state index is 0.0243. The van der Waals surface area contributed by atoms with Crippen LogP contribution in [0, 0.1) is 10.1 Å². The lowest BCUT2D eigenvalue weighted by Gasteiger charge is -2.07. The molecule has 0 amide bonds. The summed E-state index contributed by atoms with van der Waals surface area (Å²) in [6.07, 6.45) is 3.15. The van der Waals surface area contributed by atoms with Crippen molar-refractivity contribution in [2.75, 3.05) is 5.32 Å². The molecule has 0 atom stereocenters. The van der Waals surface area contributed by atoms with Crippen molar-refractivity contribution in [3.63, 3.8) is 0 Å². The number of nitro benzene ring substituents is 1. The minimum atomic E-state index is -0.450. The van der Waals surface area contributed by atoms with Gasteiger partial charge in [0.05, 0.1) is 4.92 Å². The Bertz CT molecular complexity index is 681. The van der Waals surface area contributed by atoms with Crippen LogP contribution in [0.2, 0.25) is 0 Å². The van der Waals surface area contributed by atoms with E-state index in [2.05, 4.69) is 10.3 Å². The SMILES string of the molecule is CCn1ccnc(NCc2cccc([N+](=O)[O-])c2)c1=O. The molecule has 0 saturated carbocycles. The fourth-order valence-electron chi connectivity index (χ4n) is 1.78. The Morgan fingerprint density at radius 3 is 2.95 bits per heavy atom. The van der Waals surface area contributed by atoms with Crippen LogP contribution in [0.5, 0.6) is 0 Å². The van der Waals surface area contributed by atoms with Crippen molar-refractivity contribution >= 4 is 11.5 Å². The first-order valence-electron chi connectivity index (χ1n) is 6.14. The lowest BCUT2D eigenvalue weighted by Crippen LogP contribution is -2.23. The molecular formula is C13H14N4O3. The van der Waals surface area contributed by atoms with Crippen molar-refractivity contribution in [3.8, 4) is 0 Å². The van der Waals surface area contributed by atoms with Gasteiger partial charge in [-0.3, -0.25) is 14.9 Å². The highest BCUT2D eigenvalue weighted by Gasteiger charge is 2.07. The van der Waals surface area contributed by atoms with Crippen LogP contribution in [0.25, 0.3) is 0 Å². The van der Waals surface area contributed by atoms with E-state index in [0.717, 1.165) is 0 Å². The number of aromatic nitrogens is 2. The molecular weight excluding hydrogens is 260 g/mol. The first-order chi connectivity index (χ1) is 9.61. The molecule has 0 aliphatic rings. The number of anilines is 1. The van der Waals surface area contributed by atoms with Gasteiger partial charge in [0.15, 0.2) is 5.82 Å². The molecule has 0 saturated heterocycles. The molecule has 0 unspecified atom stereocenters. The second-order valence-corrected chi connectivity index (χ2v) is 4.15. The van der Waals surface area contributed by atoms with Crippen LogP contribution in [0.3, 0.4) is 0 Å². The summed E-state index contributed by atoms with van der Waals surface area (Å²) in [4.78, 5) is 26.1. The van der Waals surface area contributed by atoms with Crippen LogP contribution in [0.15, 0.2) is 41.5 Å². The molecule has 7 nitrogen and oxygen atoms in total. The van der Waals surface area contributed by atoms with Crippen molar-refractivity contribution < 1.29 is 4.92 Å². The molecule has 20 heavy (non-hydrogen) atoms. The minimum Gasteiger partial charge on any atom is -0.361 e. The number of aryl methyl sites for hydroxylation is 1. The summed E-state index contributed by atoms with van der Waals surface area (Å²) >= 11 is 0. The fraction of sp³-hybridized carbons (Fsp3) is 0.231. The van der Waals surface area contributed by atoms with Crippen LogP contribution in [0.4, 0.5) is 11.5 Å². The predicted octanol–water partition coefficient (Wildman–Crippen LogP) is 1.78. The second-order valence-electron chi connectivity index (χ2n) is 4.15. The second kappa shape index (κ2) is 5.96. The summed E-state index contributed by atoms with van der Waals surface area (Å²) in [5, 5.41) is 13.6. The molecule has 7 heteroatoms. The van der Waals surface area contributed by atoms with Crippen LogP contribution in [-0.2, 0) is 13.1 Å². The molecule has 2 aromatic rings. The molecule has 0 spiro atoms. The largest absolute Gasteiger partial charge is 0.361 e. The number of non-ortho nitro benzene ring substituents is 1. The third-order valence-corrected chi connectivity index (χ3v) is 2.84. The molecule has 1 heterocycles. The topological polar surface area (TPSA) is 90.1 Å². The Morgan fingerprint density at radius 2 is 2.25 bits per heavy atom. The van der Waals surface area contributed by atoms with E-state index in [1.807, 2.05) is 6.92 Å². The zero-order valence-corrected chi connectivity index (χ0v) is 10.9. The predicted molar refractivity (Wildman–Crippen MR) is 74.6 cm³/mol. The zero-order chi connectivity index (χ0) is 14.5. The Morgan fingerprint density at radius 1 is 1.45 bits per heavy atom. The number of benzene rings is 1. The van der Waals surface area contributed by atoms with Crippen LogP contribution in [-0.4, -0.2) is 14.5 Å². The zero-order valence-electron chi connectivity index (χ0n) is 10.9. The Hall–Kier alpha value is -2.70. The van der Waals surface area contributed by atoms with Gasteiger partial charge in [-0.1, -0.05) is 12.1 Å². The van der Waals surface area contributed by atoms with Gasteiger partial charge in [0, 0.05) is 37.6 Å². The summed E-state index contributed by atoms with van der Waals surface area (Å²) in [7, 11) is 0. The van der Waals surface area contributed by atoms with E-state index in [9.17, 15) is 14.9 Å². The summed E-state index contributed by atoms with van der Waals surface area (Å²) in [5.41, 5.74) is 0.532.